The van der Waals surface area contributed by atoms with Crippen LogP contribution in [0.15, 0.2) is 56.8 Å². The van der Waals surface area contributed by atoms with E-state index in [-0.39, 0.29) is 17.7 Å². The molecule has 31 heavy (non-hydrogen) atoms. The molecule has 0 radical (unpaired) electrons. The van der Waals surface area contributed by atoms with Crippen molar-refractivity contribution in [1.82, 2.24) is 4.98 Å². The normalized spacial score (nSPS) is 16.4. The summed E-state index contributed by atoms with van der Waals surface area (Å²) in [6.45, 7) is 5.02. The number of hydrogen-bond donors (Lipinski definition) is 2. The maximum atomic E-state index is 13.1. The maximum Gasteiger partial charge on any atom is 0.232 e. The van der Waals surface area contributed by atoms with Crippen LogP contribution in [0.1, 0.15) is 31.9 Å². The van der Waals surface area contributed by atoms with Gasteiger partial charge in [0.05, 0.1) is 5.69 Å². The first-order chi connectivity index (χ1) is 15.0. The van der Waals surface area contributed by atoms with Gasteiger partial charge in [-0.05, 0) is 55.7 Å². The molecule has 0 bridgehead atoms. The summed E-state index contributed by atoms with van der Waals surface area (Å²) in [5, 5.41) is 10.3. The van der Waals surface area contributed by atoms with Gasteiger partial charge in [-0.2, -0.15) is 0 Å². The fourth-order valence-electron chi connectivity index (χ4n) is 3.40. The summed E-state index contributed by atoms with van der Waals surface area (Å²) in [6.07, 6.45) is 4.70. The Morgan fingerprint density at radius 2 is 2.13 bits per heavy atom. The molecule has 1 aliphatic carbocycles. The molecule has 0 amide bonds. The van der Waals surface area contributed by atoms with Crippen molar-refractivity contribution >= 4 is 56.5 Å². The lowest BCUT2D eigenvalue weighted by Gasteiger charge is -2.27. The van der Waals surface area contributed by atoms with Crippen LogP contribution in [0.5, 0.6) is 0 Å². The molecule has 0 aliphatic heterocycles. The summed E-state index contributed by atoms with van der Waals surface area (Å²) >= 11 is 0.306. The largest absolute Gasteiger partial charge is 0.611 e. The second kappa shape index (κ2) is 9.32. The highest BCUT2D eigenvalue weighted by Crippen LogP contribution is 2.45. The molecule has 6 nitrogen and oxygen atoms in total. The third-order valence-electron chi connectivity index (χ3n) is 5.42. The zero-order valence-corrected chi connectivity index (χ0v) is 18.9. The molecular weight excluding hydrogens is 428 g/mol. The number of nitrogen functional groups attached to an aromatic ring is 1. The molecule has 2 aromatic heterocycles. The first-order valence-electron chi connectivity index (χ1n) is 10.0. The van der Waals surface area contributed by atoms with E-state index in [9.17, 15) is 9.66 Å². The molecule has 1 unspecified atom stereocenters. The van der Waals surface area contributed by atoms with E-state index < -0.39 is 11.2 Å². The number of aliphatic hydroxyl groups excluding tert-OH is 1. The molecule has 1 aliphatic rings. The lowest BCUT2D eigenvalue weighted by atomic mass is 10.00. The zero-order chi connectivity index (χ0) is 22.0. The Balaban J connectivity index is 1.88. The van der Waals surface area contributed by atoms with Crippen molar-refractivity contribution in [3.63, 3.8) is 0 Å². The van der Waals surface area contributed by atoms with Crippen LogP contribution >= 0.6 is 11.3 Å². The van der Waals surface area contributed by atoms with Crippen molar-refractivity contribution in [2.24, 2.45) is 9.98 Å². The number of benzene rings is 1. The second-order valence-electron chi connectivity index (χ2n) is 7.43. The van der Waals surface area contributed by atoms with Gasteiger partial charge in [-0.1, -0.05) is 41.7 Å². The van der Waals surface area contributed by atoms with E-state index in [2.05, 4.69) is 16.7 Å². The molecule has 4 rings (SSSR count). The van der Waals surface area contributed by atoms with Crippen LogP contribution in [0.25, 0.3) is 26.9 Å². The molecule has 160 valence electrons. The van der Waals surface area contributed by atoms with Crippen molar-refractivity contribution in [3.05, 3.63) is 48.3 Å². The summed E-state index contributed by atoms with van der Waals surface area (Å²) in [4.78, 5) is 13.4. The van der Waals surface area contributed by atoms with Gasteiger partial charge in [0.25, 0.3) is 0 Å². The molecule has 8 heteroatoms. The first-order valence-corrected chi connectivity index (χ1v) is 12.1. The van der Waals surface area contributed by atoms with Gasteiger partial charge in [-0.3, -0.25) is 0 Å². The number of thiophene rings is 1. The molecule has 1 saturated carbocycles. The lowest BCUT2D eigenvalue weighted by Crippen LogP contribution is -2.28. The van der Waals surface area contributed by atoms with Crippen LogP contribution in [0.4, 0.5) is 5.69 Å². The first kappa shape index (κ1) is 21.7. The highest BCUT2D eigenvalue weighted by molar-refractivity contribution is 7.94. The minimum atomic E-state index is -1.11. The van der Waals surface area contributed by atoms with Crippen LogP contribution < -0.4 is 5.73 Å². The number of allylic oxidation sites excluding steroid dienone is 1. The van der Waals surface area contributed by atoms with Crippen LogP contribution in [0.3, 0.4) is 0 Å². The van der Waals surface area contributed by atoms with Gasteiger partial charge in [-0.15, -0.1) is 0 Å². The van der Waals surface area contributed by atoms with E-state index in [1.165, 1.54) is 11.3 Å². The zero-order valence-electron chi connectivity index (χ0n) is 17.2. The Hall–Kier alpha value is -2.52. The summed E-state index contributed by atoms with van der Waals surface area (Å²) in [5.41, 5.74) is 10.6. The second-order valence-corrected chi connectivity index (χ2v) is 10.4. The van der Waals surface area contributed by atoms with Gasteiger partial charge in [-0.25, -0.2) is 15.0 Å². The topological polar surface area (TPSA) is 107 Å². The van der Waals surface area contributed by atoms with Crippen molar-refractivity contribution in [2.45, 2.75) is 35.6 Å². The van der Waals surface area contributed by atoms with Crippen molar-refractivity contribution in [1.29, 1.82) is 0 Å². The summed E-state index contributed by atoms with van der Waals surface area (Å²) in [6, 6.07) is 12.0. The van der Waals surface area contributed by atoms with Crippen LogP contribution in [0, 0.1) is 0 Å². The van der Waals surface area contributed by atoms with Crippen molar-refractivity contribution < 1.29 is 9.66 Å². The number of rotatable bonds is 6. The van der Waals surface area contributed by atoms with Gasteiger partial charge in [0.2, 0.25) is 4.21 Å². The molecule has 3 N–H and O–H groups in total. The predicted molar refractivity (Wildman–Crippen MR) is 131 cm³/mol. The standard InChI is InChI=1S/C23H24N4O2S2/c1-14(12-26-19(13-28)25-2)18-11-17(15-7-4-3-5-8-15)20-21(24)23(30-22(20)27-18)31(29)16-9-6-10-16/h3-5,7-8,11-12,16,28H,2,6,9-10,13,24H2,1H3/b14-12+,26-19-. The van der Waals surface area contributed by atoms with Gasteiger partial charge in [0.15, 0.2) is 5.84 Å². The van der Waals surface area contributed by atoms with E-state index in [0.717, 1.165) is 56.1 Å². The number of pyridine rings is 1. The average Bonchev–Trinajstić information content (AvgIpc) is 3.09. The molecule has 1 atom stereocenters. The van der Waals surface area contributed by atoms with Gasteiger partial charge < -0.3 is 15.4 Å². The smallest absolute Gasteiger partial charge is 0.232 e. The van der Waals surface area contributed by atoms with E-state index in [1.807, 2.05) is 43.3 Å². The van der Waals surface area contributed by atoms with Gasteiger partial charge in [0, 0.05) is 22.8 Å². The average molecular weight is 453 g/mol. The number of aliphatic hydroxyl groups is 1. The molecule has 0 spiro atoms. The van der Waals surface area contributed by atoms with Crippen LogP contribution in [0.2, 0.25) is 0 Å². The van der Waals surface area contributed by atoms with E-state index >= 15 is 0 Å². The highest BCUT2D eigenvalue weighted by Gasteiger charge is 2.35. The monoisotopic (exact) mass is 452 g/mol. The number of hydrogen-bond acceptors (Lipinski definition) is 6. The van der Waals surface area contributed by atoms with E-state index in [1.54, 1.807) is 6.20 Å². The fourth-order valence-corrected chi connectivity index (χ4v) is 6.61. The highest BCUT2D eigenvalue weighted by atomic mass is 32.2. The third kappa shape index (κ3) is 4.29. The summed E-state index contributed by atoms with van der Waals surface area (Å²) in [7, 11) is 0. The Morgan fingerprint density at radius 3 is 2.74 bits per heavy atom. The van der Waals surface area contributed by atoms with E-state index in [0.29, 0.717) is 5.69 Å². The quantitative estimate of drug-likeness (QED) is 0.322. The van der Waals surface area contributed by atoms with Crippen LogP contribution in [-0.4, -0.2) is 39.1 Å². The Bertz CT molecular complexity index is 1170. The third-order valence-corrected chi connectivity index (χ3v) is 8.72. The number of amidine groups is 1. The Kier molecular flexibility index (Phi) is 6.52. The fraction of sp³-hybridized carbons (Fsp3) is 0.261. The molecule has 1 aromatic carbocycles. The predicted octanol–water partition coefficient (Wildman–Crippen LogP) is 4.66. The van der Waals surface area contributed by atoms with Gasteiger partial charge in [0.1, 0.15) is 22.4 Å². The van der Waals surface area contributed by atoms with Crippen molar-refractivity contribution in [3.8, 4) is 11.1 Å². The van der Waals surface area contributed by atoms with Crippen molar-refractivity contribution in [2.75, 3.05) is 12.3 Å². The number of aliphatic imine (C=N–C) groups is 2. The number of nitrogens with two attached hydrogens (primary N) is 1. The summed E-state index contributed by atoms with van der Waals surface area (Å²) < 4.78 is 13.8. The lowest BCUT2D eigenvalue weighted by molar-refractivity contribution is 0.356. The number of anilines is 1. The number of fused-ring (bicyclic) bond motifs is 1. The minimum Gasteiger partial charge on any atom is -0.611 e. The SMILES string of the molecule is C=N/C(CO)=N\C=C(/C)c1cc(-c2ccccc2)c2c(N)c([S+]([O-])C3CCC3)sc2n1. The van der Waals surface area contributed by atoms with E-state index in [4.69, 9.17) is 10.7 Å². The Labute approximate surface area is 188 Å². The molecule has 0 saturated heterocycles. The molecular formula is C23H24N4O2S2. The Morgan fingerprint density at radius 1 is 1.39 bits per heavy atom. The summed E-state index contributed by atoms with van der Waals surface area (Å²) in [5.74, 6) is 0.238. The minimum absolute atomic E-state index is 0.189. The molecule has 1 fully saturated rings. The van der Waals surface area contributed by atoms with Crippen LogP contribution in [-0.2, 0) is 11.2 Å². The molecule has 3 aromatic rings. The van der Waals surface area contributed by atoms with Gasteiger partial charge >= 0.3 is 0 Å². The number of nitrogens with zero attached hydrogens (tertiary/aromatic N) is 3. The molecule has 2 heterocycles. The number of aromatic nitrogens is 1. The maximum absolute atomic E-state index is 13.1.